The van der Waals surface area contributed by atoms with Crippen LogP contribution >= 0.6 is 0 Å². The Bertz CT molecular complexity index is 289. The number of hydrogen-bond donors (Lipinski definition) is 2. The van der Waals surface area contributed by atoms with E-state index in [1.165, 1.54) is 32.7 Å². The number of aliphatic hydroxyl groups is 1. The fourth-order valence-electron chi connectivity index (χ4n) is 3.86. The monoisotopic (exact) mass is 283 g/mol. The highest BCUT2D eigenvalue weighted by molar-refractivity contribution is 4.93. The molecule has 1 aliphatic carbocycles. The van der Waals surface area contributed by atoms with Gasteiger partial charge in [-0.3, -0.25) is 0 Å². The molecule has 2 rings (SSSR count). The van der Waals surface area contributed by atoms with E-state index in [0.29, 0.717) is 12.5 Å². The maximum Gasteiger partial charge on any atom is 0.0797 e. The van der Waals surface area contributed by atoms with Crippen molar-refractivity contribution in [3.63, 3.8) is 0 Å². The van der Waals surface area contributed by atoms with Crippen molar-refractivity contribution in [2.75, 3.05) is 45.8 Å². The summed E-state index contributed by atoms with van der Waals surface area (Å²) in [5.41, 5.74) is 5.19. The van der Waals surface area contributed by atoms with E-state index in [2.05, 4.69) is 23.6 Å². The lowest BCUT2D eigenvalue weighted by molar-refractivity contribution is 0.00249. The van der Waals surface area contributed by atoms with Crippen LogP contribution < -0.4 is 5.73 Å². The Morgan fingerprint density at radius 3 is 2.45 bits per heavy atom. The molecule has 0 spiro atoms. The largest absolute Gasteiger partial charge is 0.388 e. The van der Waals surface area contributed by atoms with Crippen LogP contribution in [0.4, 0.5) is 0 Å². The molecule has 0 radical (unpaired) electrons. The standard InChI is InChI=1S/C16H33N3O/c1-14(2)12-19-10-8-18(9-11-19)7-5-15-4-3-6-16(15,20)13-17/h14-15,20H,3-13,17H2,1-2H3. The minimum atomic E-state index is -0.570. The third-order valence-corrected chi connectivity index (χ3v) is 5.16. The third kappa shape index (κ3) is 4.17. The van der Waals surface area contributed by atoms with Gasteiger partial charge < -0.3 is 20.6 Å². The Balaban J connectivity index is 1.68. The van der Waals surface area contributed by atoms with Crippen LogP contribution in [0.2, 0.25) is 0 Å². The summed E-state index contributed by atoms with van der Waals surface area (Å²) in [6.07, 6.45) is 4.30. The zero-order chi connectivity index (χ0) is 14.6. The van der Waals surface area contributed by atoms with E-state index in [1.807, 2.05) is 0 Å². The molecule has 0 amide bonds. The van der Waals surface area contributed by atoms with Crippen LogP contribution in [0, 0.1) is 11.8 Å². The van der Waals surface area contributed by atoms with Crippen LogP contribution in [-0.2, 0) is 0 Å². The van der Waals surface area contributed by atoms with Gasteiger partial charge in [0.05, 0.1) is 5.60 Å². The average Bonchev–Trinajstić information content (AvgIpc) is 2.79. The Morgan fingerprint density at radius 2 is 1.85 bits per heavy atom. The zero-order valence-corrected chi connectivity index (χ0v) is 13.4. The molecule has 0 aromatic rings. The molecule has 0 aromatic heterocycles. The highest BCUT2D eigenvalue weighted by Gasteiger charge is 2.39. The summed E-state index contributed by atoms with van der Waals surface area (Å²) in [7, 11) is 0. The summed E-state index contributed by atoms with van der Waals surface area (Å²) in [5, 5.41) is 10.5. The first-order valence-corrected chi connectivity index (χ1v) is 8.40. The number of hydrogen-bond acceptors (Lipinski definition) is 4. The van der Waals surface area contributed by atoms with E-state index in [0.717, 1.165) is 38.1 Å². The fourth-order valence-corrected chi connectivity index (χ4v) is 3.86. The van der Waals surface area contributed by atoms with Gasteiger partial charge in [-0.1, -0.05) is 20.3 Å². The molecule has 2 aliphatic rings. The predicted molar refractivity (Wildman–Crippen MR) is 83.7 cm³/mol. The van der Waals surface area contributed by atoms with Crippen molar-refractivity contribution in [2.45, 2.75) is 45.1 Å². The van der Waals surface area contributed by atoms with Crippen molar-refractivity contribution < 1.29 is 5.11 Å². The molecular formula is C16H33N3O. The average molecular weight is 283 g/mol. The van der Waals surface area contributed by atoms with Crippen molar-refractivity contribution in [1.82, 2.24) is 9.80 Å². The highest BCUT2D eigenvalue weighted by Crippen LogP contribution is 2.37. The van der Waals surface area contributed by atoms with Crippen LogP contribution in [-0.4, -0.2) is 66.3 Å². The van der Waals surface area contributed by atoms with E-state index in [4.69, 9.17) is 5.73 Å². The second-order valence-electron chi connectivity index (χ2n) is 7.22. The normalized spacial score (nSPS) is 33.1. The van der Waals surface area contributed by atoms with Crippen molar-refractivity contribution in [3.05, 3.63) is 0 Å². The molecule has 0 bridgehead atoms. The first-order valence-electron chi connectivity index (χ1n) is 8.40. The summed E-state index contributed by atoms with van der Waals surface area (Å²) in [6, 6.07) is 0. The Morgan fingerprint density at radius 1 is 1.20 bits per heavy atom. The third-order valence-electron chi connectivity index (χ3n) is 5.16. The van der Waals surface area contributed by atoms with Gasteiger partial charge in [0.2, 0.25) is 0 Å². The molecule has 1 saturated heterocycles. The zero-order valence-electron chi connectivity index (χ0n) is 13.4. The Labute approximate surface area is 124 Å². The number of nitrogens with two attached hydrogens (primary N) is 1. The van der Waals surface area contributed by atoms with Crippen LogP contribution in [0.3, 0.4) is 0 Å². The molecule has 1 heterocycles. The second kappa shape index (κ2) is 7.21. The molecule has 0 aromatic carbocycles. The minimum absolute atomic E-state index is 0.418. The van der Waals surface area contributed by atoms with Gasteiger partial charge in [-0.05, 0) is 37.6 Å². The lowest BCUT2D eigenvalue weighted by Crippen LogP contribution is -2.48. The maximum atomic E-state index is 10.5. The lowest BCUT2D eigenvalue weighted by Gasteiger charge is -2.37. The van der Waals surface area contributed by atoms with E-state index in [9.17, 15) is 5.11 Å². The van der Waals surface area contributed by atoms with Crippen molar-refractivity contribution >= 4 is 0 Å². The molecule has 1 aliphatic heterocycles. The molecule has 4 heteroatoms. The summed E-state index contributed by atoms with van der Waals surface area (Å²) in [6.45, 7) is 12.1. The summed E-state index contributed by atoms with van der Waals surface area (Å²) in [5.74, 6) is 1.18. The summed E-state index contributed by atoms with van der Waals surface area (Å²) >= 11 is 0. The molecule has 118 valence electrons. The van der Waals surface area contributed by atoms with Gasteiger partial charge in [-0.15, -0.1) is 0 Å². The number of nitrogens with zero attached hydrogens (tertiary/aromatic N) is 2. The van der Waals surface area contributed by atoms with Gasteiger partial charge in [0.25, 0.3) is 0 Å². The summed E-state index contributed by atoms with van der Waals surface area (Å²) < 4.78 is 0. The molecule has 2 atom stereocenters. The Kier molecular flexibility index (Phi) is 5.84. The fraction of sp³-hybridized carbons (Fsp3) is 1.00. The summed E-state index contributed by atoms with van der Waals surface area (Å²) in [4.78, 5) is 5.14. The van der Waals surface area contributed by atoms with Crippen molar-refractivity contribution in [2.24, 2.45) is 17.6 Å². The van der Waals surface area contributed by atoms with E-state index in [1.54, 1.807) is 0 Å². The van der Waals surface area contributed by atoms with Gasteiger partial charge >= 0.3 is 0 Å². The van der Waals surface area contributed by atoms with E-state index >= 15 is 0 Å². The number of rotatable bonds is 6. The topological polar surface area (TPSA) is 52.7 Å². The Hall–Kier alpha value is -0.160. The second-order valence-corrected chi connectivity index (χ2v) is 7.22. The quantitative estimate of drug-likeness (QED) is 0.767. The molecular weight excluding hydrogens is 250 g/mol. The minimum Gasteiger partial charge on any atom is -0.388 e. The molecule has 4 nitrogen and oxygen atoms in total. The SMILES string of the molecule is CC(C)CN1CCN(CCC2CCCC2(O)CN)CC1. The van der Waals surface area contributed by atoms with E-state index in [-0.39, 0.29) is 0 Å². The number of piperazine rings is 1. The van der Waals surface area contributed by atoms with Gasteiger partial charge in [-0.25, -0.2) is 0 Å². The molecule has 2 unspecified atom stereocenters. The van der Waals surface area contributed by atoms with Crippen molar-refractivity contribution in [1.29, 1.82) is 0 Å². The predicted octanol–water partition coefficient (Wildman–Crippen LogP) is 1.14. The molecule has 1 saturated carbocycles. The van der Waals surface area contributed by atoms with Gasteiger partial charge in [0, 0.05) is 39.3 Å². The van der Waals surface area contributed by atoms with Crippen LogP contribution in [0.1, 0.15) is 39.5 Å². The van der Waals surface area contributed by atoms with Gasteiger partial charge in [0.1, 0.15) is 0 Å². The maximum absolute atomic E-state index is 10.5. The molecule has 20 heavy (non-hydrogen) atoms. The first kappa shape index (κ1) is 16.2. The van der Waals surface area contributed by atoms with Crippen LogP contribution in [0.15, 0.2) is 0 Å². The lowest BCUT2D eigenvalue weighted by atomic mass is 9.88. The molecule has 3 N–H and O–H groups in total. The first-order chi connectivity index (χ1) is 9.53. The van der Waals surface area contributed by atoms with Crippen LogP contribution in [0.5, 0.6) is 0 Å². The molecule has 2 fully saturated rings. The smallest absolute Gasteiger partial charge is 0.0797 e. The van der Waals surface area contributed by atoms with Gasteiger partial charge in [-0.2, -0.15) is 0 Å². The highest BCUT2D eigenvalue weighted by atomic mass is 16.3. The van der Waals surface area contributed by atoms with Crippen LogP contribution in [0.25, 0.3) is 0 Å². The van der Waals surface area contributed by atoms with E-state index < -0.39 is 5.60 Å². The van der Waals surface area contributed by atoms with Crippen molar-refractivity contribution in [3.8, 4) is 0 Å². The van der Waals surface area contributed by atoms with Gasteiger partial charge in [0.15, 0.2) is 0 Å².